The second kappa shape index (κ2) is 6.62. The van der Waals surface area contributed by atoms with Gasteiger partial charge >= 0.3 is 0 Å². The molecule has 0 heterocycles. The standard InChI is InChI=1S/C17H19F2N/c1-3-12-4-6-13(7-5-12)17(20-2)11-14-10-15(18)8-9-16(14)19/h4-10,17,20H,3,11H2,1-2H3. The van der Waals surface area contributed by atoms with Gasteiger partial charge in [0, 0.05) is 6.04 Å². The molecule has 1 atom stereocenters. The van der Waals surface area contributed by atoms with E-state index in [0.29, 0.717) is 12.0 Å². The molecule has 1 unspecified atom stereocenters. The molecule has 0 saturated carbocycles. The number of rotatable bonds is 5. The van der Waals surface area contributed by atoms with Crippen molar-refractivity contribution in [3.63, 3.8) is 0 Å². The lowest BCUT2D eigenvalue weighted by Crippen LogP contribution is -2.19. The molecule has 0 fully saturated rings. The van der Waals surface area contributed by atoms with E-state index >= 15 is 0 Å². The highest BCUT2D eigenvalue weighted by molar-refractivity contribution is 5.28. The van der Waals surface area contributed by atoms with Crippen LogP contribution in [-0.2, 0) is 12.8 Å². The van der Waals surface area contributed by atoms with Crippen LogP contribution in [0.1, 0.15) is 29.7 Å². The number of hydrogen-bond acceptors (Lipinski definition) is 1. The Hall–Kier alpha value is -1.74. The Kier molecular flexibility index (Phi) is 4.85. The van der Waals surface area contributed by atoms with Crippen LogP contribution in [0.4, 0.5) is 8.78 Å². The van der Waals surface area contributed by atoms with E-state index < -0.39 is 5.82 Å². The summed E-state index contributed by atoms with van der Waals surface area (Å²) < 4.78 is 26.9. The van der Waals surface area contributed by atoms with Crippen LogP contribution in [0.3, 0.4) is 0 Å². The first kappa shape index (κ1) is 14.7. The van der Waals surface area contributed by atoms with E-state index in [1.54, 1.807) is 0 Å². The van der Waals surface area contributed by atoms with Crippen LogP contribution in [0.2, 0.25) is 0 Å². The Morgan fingerprint density at radius 3 is 2.35 bits per heavy atom. The van der Waals surface area contributed by atoms with Gasteiger partial charge in [0.2, 0.25) is 0 Å². The first-order valence-electron chi connectivity index (χ1n) is 6.84. The van der Waals surface area contributed by atoms with Gasteiger partial charge in [0.05, 0.1) is 0 Å². The molecule has 0 bridgehead atoms. The van der Waals surface area contributed by atoms with Crippen molar-refractivity contribution in [2.45, 2.75) is 25.8 Å². The third-order valence-corrected chi connectivity index (χ3v) is 3.57. The zero-order valence-corrected chi connectivity index (χ0v) is 11.8. The summed E-state index contributed by atoms with van der Waals surface area (Å²) in [5, 5.41) is 3.16. The molecule has 2 rings (SSSR count). The smallest absolute Gasteiger partial charge is 0.126 e. The maximum Gasteiger partial charge on any atom is 0.126 e. The topological polar surface area (TPSA) is 12.0 Å². The maximum absolute atomic E-state index is 13.7. The van der Waals surface area contributed by atoms with Gasteiger partial charge in [0.25, 0.3) is 0 Å². The molecule has 0 spiro atoms. The predicted molar refractivity (Wildman–Crippen MR) is 77.7 cm³/mol. The van der Waals surface area contributed by atoms with Crippen molar-refractivity contribution in [3.05, 3.63) is 70.8 Å². The molecule has 0 aromatic heterocycles. The van der Waals surface area contributed by atoms with E-state index in [2.05, 4.69) is 24.4 Å². The lowest BCUT2D eigenvalue weighted by atomic mass is 9.97. The summed E-state index contributed by atoms with van der Waals surface area (Å²) in [5.41, 5.74) is 2.73. The lowest BCUT2D eigenvalue weighted by Gasteiger charge is -2.17. The van der Waals surface area contributed by atoms with Crippen molar-refractivity contribution in [1.29, 1.82) is 0 Å². The summed E-state index contributed by atoms with van der Waals surface area (Å²) in [4.78, 5) is 0. The van der Waals surface area contributed by atoms with Gasteiger partial charge in [-0.2, -0.15) is 0 Å². The molecular weight excluding hydrogens is 256 g/mol. The fraction of sp³-hybridized carbons (Fsp3) is 0.294. The van der Waals surface area contributed by atoms with Crippen molar-refractivity contribution >= 4 is 0 Å². The molecule has 0 amide bonds. The quantitative estimate of drug-likeness (QED) is 0.868. The Labute approximate surface area is 118 Å². The first-order chi connectivity index (χ1) is 9.63. The lowest BCUT2D eigenvalue weighted by molar-refractivity contribution is 0.544. The van der Waals surface area contributed by atoms with Crippen molar-refractivity contribution in [2.75, 3.05) is 7.05 Å². The molecule has 2 aromatic carbocycles. The second-order valence-corrected chi connectivity index (χ2v) is 4.88. The molecule has 1 N–H and O–H groups in total. The highest BCUT2D eigenvalue weighted by Gasteiger charge is 2.13. The molecule has 0 aliphatic heterocycles. The van der Waals surface area contributed by atoms with E-state index in [9.17, 15) is 8.78 Å². The van der Waals surface area contributed by atoms with Crippen molar-refractivity contribution < 1.29 is 8.78 Å². The summed E-state index contributed by atoms with van der Waals surface area (Å²) in [6, 6.07) is 11.8. The third kappa shape index (κ3) is 3.42. The van der Waals surface area contributed by atoms with E-state index in [4.69, 9.17) is 0 Å². The van der Waals surface area contributed by atoms with Gasteiger partial charge < -0.3 is 5.32 Å². The molecule has 3 heteroatoms. The third-order valence-electron chi connectivity index (χ3n) is 3.57. The molecule has 2 aromatic rings. The predicted octanol–water partition coefficient (Wildman–Crippen LogP) is 4.03. The summed E-state index contributed by atoms with van der Waals surface area (Å²) in [6.45, 7) is 2.10. The summed E-state index contributed by atoms with van der Waals surface area (Å²) in [6.07, 6.45) is 1.41. The summed E-state index contributed by atoms with van der Waals surface area (Å²) >= 11 is 0. The number of aryl methyl sites for hydroxylation is 1. The molecule has 1 nitrogen and oxygen atoms in total. The van der Waals surface area contributed by atoms with Crippen LogP contribution in [0.25, 0.3) is 0 Å². The Morgan fingerprint density at radius 2 is 1.75 bits per heavy atom. The minimum absolute atomic E-state index is 0.0304. The fourth-order valence-electron chi connectivity index (χ4n) is 2.29. The van der Waals surface area contributed by atoms with Crippen LogP contribution in [-0.4, -0.2) is 7.05 Å². The van der Waals surface area contributed by atoms with E-state index in [1.165, 1.54) is 17.7 Å². The zero-order valence-electron chi connectivity index (χ0n) is 11.8. The Bertz CT molecular complexity index is 564. The number of hydrogen-bond donors (Lipinski definition) is 1. The average Bonchev–Trinajstić information content (AvgIpc) is 2.48. The largest absolute Gasteiger partial charge is 0.313 e. The molecule has 0 aliphatic rings. The summed E-state index contributed by atoms with van der Waals surface area (Å²) in [5.74, 6) is -0.769. The SMILES string of the molecule is CCc1ccc(C(Cc2cc(F)ccc2F)NC)cc1. The van der Waals surface area contributed by atoms with E-state index in [0.717, 1.165) is 18.1 Å². The molecule has 0 radical (unpaired) electrons. The minimum atomic E-state index is -0.405. The van der Waals surface area contributed by atoms with Gasteiger partial charge in [0.1, 0.15) is 11.6 Å². The maximum atomic E-state index is 13.7. The second-order valence-electron chi connectivity index (χ2n) is 4.88. The molecule has 20 heavy (non-hydrogen) atoms. The number of nitrogens with one attached hydrogen (secondary N) is 1. The van der Waals surface area contributed by atoms with Crippen LogP contribution in [0.5, 0.6) is 0 Å². The van der Waals surface area contributed by atoms with Crippen LogP contribution >= 0.6 is 0 Å². The van der Waals surface area contributed by atoms with Gasteiger partial charge in [0.15, 0.2) is 0 Å². The zero-order chi connectivity index (χ0) is 14.5. The van der Waals surface area contributed by atoms with Gasteiger partial charge in [-0.15, -0.1) is 0 Å². The van der Waals surface area contributed by atoms with E-state index in [-0.39, 0.29) is 11.9 Å². The Morgan fingerprint density at radius 1 is 1.05 bits per heavy atom. The van der Waals surface area contributed by atoms with Gasteiger partial charge in [-0.1, -0.05) is 31.2 Å². The highest BCUT2D eigenvalue weighted by Crippen LogP contribution is 2.21. The molecule has 0 aliphatic carbocycles. The number of benzene rings is 2. The van der Waals surface area contributed by atoms with Gasteiger partial charge in [-0.25, -0.2) is 8.78 Å². The average molecular weight is 275 g/mol. The summed E-state index contributed by atoms with van der Waals surface area (Å²) in [7, 11) is 1.83. The van der Waals surface area contributed by atoms with Crippen molar-refractivity contribution in [1.82, 2.24) is 5.32 Å². The van der Waals surface area contributed by atoms with Crippen LogP contribution in [0, 0.1) is 11.6 Å². The molecule has 106 valence electrons. The highest BCUT2D eigenvalue weighted by atomic mass is 19.1. The monoisotopic (exact) mass is 275 g/mol. The fourth-order valence-corrected chi connectivity index (χ4v) is 2.29. The van der Waals surface area contributed by atoms with Gasteiger partial charge in [-0.05, 0) is 54.8 Å². The number of halogens is 2. The van der Waals surface area contributed by atoms with Gasteiger partial charge in [-0.3, -0.25) is 0 Å². The van der Waals surface area contributed by atoms with Crippen molar-refractivity contribution in [3.8, 4) is 0 Å². The van der Waals surface area contributed by atoms with Crippen molar-refractivity contribution in [2.24, 2.45) is 0 Å². The minimum Gasteiger partial charge on any atom is -0.313 e. The first-order valence-corrected chi connectivity index (χ1v) is 6.84. The molecular formula is C17H19F2N. The van der Waals surface area contributed by atoms with Crippen LogP contribution < -0.4 is 5.32 Å². The normalized spacial score (nSPS) is 12.4. The van der Waals surface area contributed by atoms with Crippen LogP contribution in [0.15, 0.2) is 42.5 Å². The van der Waals surface area contributed by atoms with E-state index in [1.807, 2.05) is 19.2 Å². The number of likely N-dealkylation sites (N-methyl/N-ethyl adjacent to an activating group) is 1. The molecule has 0 saturated heterocycles. The Balaban J connectivity index is 2.21.